The van der Waals surface area contributed by atoms with E-state index in [0.717, 1.165) is 28.4 Å². The molecule has 0 amide bonds. The molecule has 2 aromatic heterocycles. The normalized spacial score (nSPS) is 15.4. The van der Waals surface area contributed by atoms with Crippen LogP contribution in [0.4, 0.5) is 0 Å². The van der Waals surface area contributed by atoms with E-state index in [4.69, 9.17) is 14.5 Å². The zero-order chi connectivity index (χ0) is 17.2. The number of nitrogens with zero attached hydrogens (tertiary/aromatic N) is 2. The molecule has 1 fully saturated rings. The Morgan fingerprint density at radius 2 is 1.72 bits per heavy atom. The Bertz CT molecular complexity index is 879. The number of imidazole rings is 1. The van der Waals surface area contributed by atoms with E-state index in [1.807, 2.05) is 18.2 Å². The quantitative estimate of drug-likeness (QED) is 0.667. The maximum Gasteiger partial charge on any atom is 0.161 e. The van der Waals surface area contributed by atoms with Crippen molar-refractivity contribution in [1.82, 2.24) is 9.38 Å². The molecule has 25 heavy (non-hydrogen) atoms. The summed E-state index contributed by atoms with van der Waals surface area (Å²) in [5, 5.41) is 0. The average Bonchev–Trinajstić information content (AvgIpc) is 3.11. The third-order valence-corrected chi connectivity index (χ3v) is 5.23. The number of methoxy groups -OCH3 is 2. The maximum atomic E-state index is 5.41. The molecule has 0 spiro atoms. The minimum atomic E-state index is 0.699. The molecular weight excluding hydrogens is 312 g/mol. The Balaban J connectivity index is 1.69. The second-order valence-electron chi connectivity index (χ2n) is 6.76. The molecule has 4 heteroatoms. The Labute approximate surface area is 148 Å². The summed E-state index contributed by atoms with van der Waals surface area (Å²) in [6.45, 7) is 0. The van der Waals surface area contributed by atoms with Gasteiger partial charge in [-0.1, -0.05) is 25.3 Å². The summed E-state index contributed by atoms with van der Waals surface area (Å²) in [4.78, 5) is 4.77. The second-order valence-corrected chi connectivity index (χ2v) is 6.76. The van der Waals surface area contributed by atoms with Crippen molar-refractivity contribution < 1.29 is 9.47 Å². The van der Waals surface area contributed by atoms with Crippen LogP contribution in [-0.2, 0) is 0 Å². The number of hydrogen-bond acceptors (Lipinski definition) is 3. The number of hydrogen-bond donors (Lipinski definition) is 0. The summed E-state index contributed by atoms with van der Waals surface area (Å²) in [6, 6.07) is 10.3. The third-order valence-electron chi connectivity index (χ3n) is 5.23. The van der Waals surface area contributed by atoms with E-state index < -0.39 is 0 Å². The van der Waals surface area contributed by atoms with Gasteiger partial charge in [-0.3, -0.25) is 0 Å². The summed E-state index contributed by atoms with van der Waals surface area (Å²) >= 11 is 0. The van der Waals surface area contributed by atoms with Gasteiger partial charge in [-0.05, 0) is 48.6 Å². The first-order valence-electron chi connectivity index (χ1n) is 8.99. The number of rotatable bonds is 4. The summed E-state index contributed by atoms with van der Waals surface area (Å²) in [7, 11) is 3.30. The minimum Gasteiger partial charge on any atom is -0.493 e. The molecule has 0 bridgehead atoms. The molecule has 4 rings (SSSR count). The predicted octanol–water partition coefficient (Wildman–Crippen LogP) is 5.07. The maximum absolute atomic E-state index is 5.41. The first-order chi connectivity index (χ1) is 12.3. The molecule has 0 saturated heterocycles. The minimum absolute atomic E-state index is 0.699. The number of aromatic nitrogens is 2. The molecule has 1 aliphatic carbocycles. The van der Waals surface area contributed by atoms with Crippen molar-refractivity contribution in [2.75, 3.05) is 14.2 Å². The Morgan fingerprint density at radius 1 is 0.920 bits per heavy atom. The van der Waals surface area contributed by atoms with Crippen molar-refractivity contribution in [3.05, 3.63) is 48.3 Å². The van der Waals surface area contributed by atoms with Crippen molar-refractivity contribution in [3.8, 4) is 22.8 Å². The predicted molar refractivity (Wildman–Crippen MR) is 99.6 cm³/mol. The van der Waals surface area contributed by atoms with Gasteiger partial charge in [0.05, 0.1) is 19.9 Å². The molecule has 4 nitrogen and oxygen atoms in total. The highest BCUT2D eigenvalue weighted by molar-refractivity contribution is 5.66. The molecule has 0 radical (unpaired) electrons. The first kappa shape index (κ1) is 16.0. The molecule has 0 aliphatic heterocycles. The van der Waals surface area contributed by atoms with E-state index in [1.165, 1.54) is 37.7 Å². The SMILES string of the molecule is COc1ccc(-c2cn3cc(C4CCCCC4)ccc3n2)cc1OC. The standard InChI is InChI=1S/C21H24N2O2/c1-24-19-10-8-16(12-20(19)25-2)18-14-23-13-17(9-11-21(23)22-18)15-6-4-3-5-7-15/h8-15H,3-7H2,1-2H3. The Morgan fingerprint density at radius 3 is 2.48 bits per heavy atom. The van der Waals surface area contributed by atoms with Crippen LogP contribution >= 0.6 is 0 Å². The van der Waals surface area contributed by atoms with Gasteiger partial charge in [-0.2, -0.15) is 0 Å². The van der Waals surface area contributed by atoms with E-state index in [9.17, 15) is 0 Å². The van der Waals surface area contributed by atoms with Gasteiger partial charge in [-0.25, -0.2) is 4.98 Å². The monoisotopic (exact) mass is 336 g/mol. The van der Waals surface area contributed by atoms with Gasteiger partial charge in [0.1, 0.15) is 5.65 Å². The van der Waals surface area contributed by atoms with Crippen LogP contribution in [-0.4, -0.2) is 23.6 Å². The average molecular weight is 336 g/mol. The van der Waals surface area contributed by atoms with Crippen LogP contribution in [0.25, 0.3) is 16.9 Å². The van der Waals surface area contributed by atoms with Crippen molar-refractivity contribution in [3.63, 3.8) is 0 Å². The van der Waals surface area contributed by atoms with Crippen LogP contribution in [0, 0.1) is 0 Å². The molecule has 0 unspecified atom stereocenters. The first-order valence-corrected chi connectivity index (χ1v) is 8.99. The van der Waals surface area contributed by atoms with Gasteiger partial charge in [0.15, 0.2) is 11.5 Å². The van der Waals surface area contributed by atoms with Crippen LogP contribution < -0.4 is 9.47 Å². The number of benzene rings is 1. The lowest BCUT2D eigenvalue weighted by Gasteiger charge is -2.21. The van der Waals surface area contributed by atoms with Crippen LogP contribution in [0.3, 0.4) is 0 Å². The van der Waals surface area contributed by atoms with Gasteiger partial charge < -0.3 is 13.9 Å². The number of pyridine rings is 1. The van der Waals surface area contributed by atoms with Crippen LogP contribution in [0.15, 0.2) is 42.7 Å². The molecule has 1 aliphatic rings. The van der Waals surface area contributed by atoms with Crippen LogP contribution in [0.1, 0.15) is 43.6 Å². The summed E-state index contributed by atoms with van der Waals surface area (Å²) < 4.78 is 12.9. The lowest BCUT2D eigenvalue weighted by atomic mass is 9.85. The van der Waals surface area contributed by atoms with E-state index in [2.05, 4.69) is 28.9 Å². The highest BCUT2D eigenvalue weighted by Gasteiger charge is 2.16. The fourth-order valence-corrected chi connectivity index (χ4v) is 3.82. The smallest absolute Gasteiger partial charge is 0.161 e. The molecule has 130 valence electrons. The summed E-state index contributed by atoms with van der Waals surface area (Å²) in [5.74, 6) is 2.15. The zero-order valence-electron chi connectivity index (χ0n) is 14.9. The molecular formula is C21H24N2O2. The molecule has 1 saturated carbocycles. The fraction of sp³-hybridized carbons (Fsp3) is 0.381. The molecule has 3 aromatic rings. The number of fused-ring (bicyclic) bond motifs is 1. The third kappa shape index (κ3) is 3.09. The Kier molecular flexibility index (Phi) is 4.35. The molecule has 1 aromatic carbocycles. The zero-order valence-corrected chi connectivity index (χ0v) is 14.9. The summed E-state index contributed by atoms with van der Waals surface area (Å²) in [6.07, 6.45) is 11.1. The summed E-state index contributed by atoms with van der Waals surface area (Å²) in [5.41, 5.74) is 4.38. The highest BCUT2D eigenvalue weighted by atomic mass is 16.5. The molecule has 2 heterocycles. The van der Waals surface area contributed by atoms with Gasteiger partial charge in [-0.15, -0.1) is 0 Å². The fourth-order valence-electron chi connectivity index (χ4n) is 3.82. The number of ether oxygens (including phenoxy) is 2. The van der Waals surface area contributed by atoms with Crippen molar-refractivity contribution >= 4 is 5.65 Å². The van der Waals surface area contributed by atoms with Gasteiger partial charge in [0.25, 0.3) is 0 Å². The lowest BCUT2D eigenvalue weighted by Crippen LogP contribution is -2.05. The second kappa shape index (κ2) is 6.79. The molecule has 0 atom stereocenters. The largest absolute Gasteiger partial charge is 0.493 e. The van der Waals surface area contributed by atoms with E-state index in [0.29, 0.717) is 5.92 Å². The van der Waals surface area contributed by atoms with E-state index in [-0.39, 0.29) is 0 Å². The van der Waals surface area contributed by atoms with Gasteiger partial charge >= 0.3 is 0 Å². The van der Waals surface area contributed by atoms with Crippen molar-refractivity contribution in [2.45, 2.75) is 38.0 Å². The van der Waals surface area contributed by atoms with E-state index in [1.54, 1.807) is 14.2 Å². The van der Waals surface area contributed by atoms with Crippen LogP contribution in [0.5, 0.6) is 11.5 Å². The van der Waals surface area contributed by atoms with E-state index >= 15 is 0 Å². The van der Waals surface area contributed by atoms with Gasteiger partial charge in [0.2, 0.25) is 0 Å². The molecule has 0 N–H and O–H groups in total. The van der Waals surface area contributed by atoms with Crippen molar-refractivity contribution in [2.24, 2.45) is 0 Å². The Hall–Kier alpha value is -2.49. The lowest BCUT2D eigenvalue weighted by molar-refractivity contribution is 0.355. The highest BCUT2D eigenvalue weighted by Crippen LogP contribution is 2.34. The van der Waals surface area contributed by atoms with Crippen LogP contribution in [0.2, 0.25) is 0 Å². The van der Waals surface area contributed by atoms with Crippen molar-refractivity contribution in [1.29, 1.82) is 0 Å². The topological polar surface area (TPSA) is 35.8 Å². The van der Waals surface area contributed by atoms with Gasteiger partial charge in [0, 0.05) is 18.0 Å².